The maximum atomic E-state index is 13.1. The number of fused-ring (bicyclic) bond motifs is 1. The molecule has 2 aromatic heterocycles. The van der Waals surface area contributed by atoms with Crippen LogP contribution < -0.4 is 4.74 Å². The van der Waals surface area contributed by atoms with Crippen LogP contribution in [0.25, 0.3) is 0 Å². The van der Waals surface area contributed by atoms with E-state index in [2.05, 4.69) is 14.6 Å². The maximum absolute atomic E-state index is 13.1. The van der Waals surface area contributed by atoms with E-state index >= 15 is 0 Å². The van der Waals surface area contributed by atoms with Crippen molar-refractivity contribution in [2.75, 3.05) is 6.61 Å². The van der Waals surface area contributed by atoms with Gasteiger partial charge in [-0.3, -0.25) is 9.48 Å². The lowest BCUT2D eigenvalue weighted by molar-refractivity contribution is 0.0582. The predicted molar refractivity (Wildman–Crippen MR) is 95.7 cm³/mol. The second-order valence-electron chi connectivity index (χ2n) is 6.45. The third-order valence-electron chi connectivity index (χ3n) is 4.65. The van der Waals surface area contributed by atoms with Gasteiger partial charge >= 0.3 is 0 Å². The number of aryl methyl sites for hydroxylation is 2. The molecule has 3 heterocycles. The average molecular weight is 351 g/mol. The van der Waals surface area contributed by atoms with Gasteiger partial charge in [-0.25, -0.2) is 4.98 Å². The lowest BCUT2D eigenvalue weighted by Crippen LogP contribution is -2.42. The summed E-state index contributed by atoms with van der Waals surface area (Å²) >= 11 is 0. The Balaban J connectivity index is 1.57. The van der Waals surface area contributed by atoms with Gasteiger partial charge in [0.15, 0.2) is 0 Å². The smallest absolute Gasteiger partial charge is 0.275 e. The van der Waals surface area contributed by atoms with E-state index in [0.29, 0.717) is 18.8 Å². The van der Waals surface area contributed by atoms with Crippen molar-refractivity contribution in [3.63, 3.8) is 0 Å². The molecule has 0 saturated heterocycles. The number of amides is 1. The Bertz CT molecular complexity index is 886. The van der Waals surface area contributed by atoms with Gasteiger partial charge in [-0.2, -0.15) is 5.10 Å². The Labute approximate surface area is 151 Å². The molecule has 0 saturated carbocycles. The standard InChI is InChI=1S/C19H21N5O2/c1-22-9-8-18(21-22)19(25)24-12-16-11-20-14-23(16)10-7-15(24)13-26-17-5-3-2-4-6-17/h2-6,8-9,11,14-15H,7,10,12-13H2,1H3/t15-/m1/s1. The van der Waals surface area contributed by atoms with E-state index in [9.17, 15) is 4.79 Å². The summed E-state index contributed by atoms with van der Waals surface area (Å²) in [5.41, 5.74) is 1.47. The van der Waals surface area contributed by atoms with E-state index in [0.717, 1.165) is 24.4 Å². The van der Waals surface area contributed by atoms with Crippen LogP contribution >= 0.6 is 0 Å². The van der Waals surface area contributed by atoms with Crippen LogP contribution in [0.4, 0.5) is 0 Å². The van der Waals surface area contributed by atoms with Crippen molar-refractivity contribution in [3.05, 3.63) is 66.5 Å². The van der Waals surface area contributed by atoms with E-state index in [1.165, 1.54) is 0 Å². The number of para-hydroxylation sites is 1. The van der Waals surface area contributed by atoms with Crippen molar-refractivity contribution in [2.45, 2.75) is 25.6 Å². The number of benzene rings is 1. The highest BCUT2D eigenvalue weighted by atomic mass is 16.5. The highest BCUT2D eigenvalue weighted by Crippen LogP contribution is 2.21. The van der Waals surface area contributed by atoms with E-state index in [4.69, 9.17) is 4.74 Å². The second-order valence-corrected chi connectivity index (χ2v) is 6.45. The molecule has 1 aromatic carbocycles. The minimum absolute atomic E-state index is 0.0374. The molecule has 4 rings (SSSR count). The summed E-state index contributed by atoms with van der Waals surface area (Å²) in [6, 6.07) is 11.4. The Morgan fingerprint density at radius 1 is 1.27 bits per heavy atom. The number of hydrogen-bond acceptors (Lipinski definition) is 4. The van der Waals surface area contributed by atoms with Crippen molar-refractivity contribution in [1.82, 2.24) is 24.2 Å². The number of aromatic nitrogens is 4. The molecule has 0 radical (unpaired) electrons. The molecule has 0 aliphatic carbocycles. The molecule has 7 nitrogen and oxygen atoms in total. The summed E-state index contributed by atoms with van der Waals surface area (Å²) < 4.78 is 9.70. The molecule has 0 fully saturated rings. The van der Waals surface area contributed by atoms with Crippen LogP contribution in [-0.4, -0.2) is 42.8 Å². The van der Waals surface area contributed by atoms with E-state index in [-0.39, 0.29) is 11.9 Å². The summed E-state index contributed by atoms with van der Waals surface area (Å²) in [5.74, 6) is 0.727. The highest BCUT2D eigenvalue weighted by Gasteiger charge is 2.30. The Morgan fingerprint density at radius 3 is 2.88 bits per heavy atom. The van der Waals surface area contributed by atoms with Gasteiger partial charge in [-0.1, -0.05) is 18.2 Å². The molecular weight excluding hydrogens is 330 g/mol. The topological polar surface area (TPSA) is 65.2 Å². The zero-order valence-electron chi connectivity index (χ0n) is 14.7. The average Bonchev–Trinajstić information content (AvgIpc) is 3.26. The lowest BCUT2D eigenvalue weighted by atomic mass is 10.1. The first kappa shape index (κ1) is 16.4. The molecule has 134 valence electrons. The van der Waals surface area contributed by atoms with Crippen LogP contribution in [0.3, 0.4) is 0 Å². The molecule has 0 N–H and O–H groups in total. The van der Waals surface area contributed by atoms with Crippen molar-refractivity contribution >= 4 is 5.91 Å². The van der Waals surface area contributed by atoms with Crippen molar-refractivity contribution < 1.29 is 9.53 Å². The van der Waals surface area contributed by atoms with Crippen LogP contribution in [0.5, 0.6) is 5.75 Å². The van der Waals surface area contributed by atoms with Crippen LogP contribution in [0.2, 0.25) is 0 Å². The van der Waals surface area contributed by atoms with Crippen LogP contribution in [-0.2, 0) is 20.1 Å². The van der Waals surface area contributed by atoms with E-state index in [1.54, 1.807) is 16.9 Å². The van der Waals surface area contributed by atoms with Crippen molar-refractivity contribution in [3.8, 4) is 5.75 Å². The van der Waals surface area contributed by atoms with Gasteiger partial charge in [-0.15, -0.1) is 0 Å². The summed E-state index contributed by atoms with van der Waals surface area (Å²) in [5, 5.41) is 4.27. The maximum Gasteiger partial charge on any atom is 0.275 e. The second kappa shape index (κ2) is 7.03. The SMILES string of the molecule is Cn1ccc(C(=O)N2Cc3cncn3CC[C@@H]2COc2ccccc2)n1. The summed E-state index contributed by atoms with van der Waals surface area (Å²) in [7, 11) is 1.81. The number of hydrogen-bond donors (Lipinski definition) is 0. The zero-order valence-corrected chi connectivity index (χ0v) is 14.7. The zero-order chi connectivity index (χ0) is 17.9. The van der Waals surface area contributed by atoms with Gasteiger partial charge in [-0.05, 0) is 24.6 Å². The Morgan fingerprint density at radius 2 is 2.12 bits per heavy atom. The lowest BCUT2D eigenvalue weighted by Gasteiger charge is -2.29. The summed E-state index contributed by atoms with van der Waals surface area (Å²) in [6.45, 7) is 1.75. The van der Waals surface area contributed by atoms with E-state index < -0.39 is 0 Å². The first-order valence-electron chi connectivity index (χ1n) is 8.68. The fourth-order valence-corrected chi connectivity index (χ4v) is 3.23. The fourth-order valence-electron chi connectivity index (χ4n) is 3.23. The molecule has 3 aromatic rings. The number of ether oxygens (including phenoxy) is 1. The summed E-state index contributed by atoms with van der Waals surface area (Å²) in [6.07, 6.45) is 6.22. The number of nitrogens with zero attached hydrogens (tertiary/aromatic N) is 5. The van der Waals surface area contributed by atoms with Gasteiger partial charge in [0.25, 0.3) is 5.91 Å². The van der Waals surface area contributed by atoms with Gasteiger partial charge in [0.2, 0.25) is 0 Å². The van der Waals surface area contributed by atoms with Crippen molar-refractivity contribution in [1.29, 1.82) is 0 Å². The molecule has 1 aliphatic rings. The molecule has 1 aliphatic heterocycles. The quantitative estimate of drug-likeness (QED) is 0.722. The first-order chi connectivity index (χ1) is 12.7. The molecular formula is C19H21N5O2. The molecule has 0 bridgehead atoms. The molecule has 0 unspecified atom stereocenters. The Hall–Kier alpha value is -3.09. The number of rotatable bonds is 4. The first-order valence-corrected chi connectivity index (χ1v) is 8.68. The molecule has 26 heavy (non-hydrogen) atoms. The normalized spacial score (nSPS) is 16.8. The fraction of sp³-hybridized carbons (Fsp3) is 0.316. The molecule has 1 atom stereocenters. The van der Waals surface area contributed by atoms with E-state index in [1.807, 2.05) is 54.8 Å². The van der Waals surface area contributed by atoms with Crippen LogP contribution in [0, 0.1) is 0 Å². The highest BCUT2D eigenvalue weighted by molar-refractivity contribution is 5.92. The number of carbonyl (C=O) groups is 1. The third kappa shape index (κ3) is 3.33. The van der Waals surface area contributed by atoms with Gasteiger partial charge in [0.05, 0.1) is 24.6 Å². The third-order valence-corrected chi connectivity index (χ3v) is 4.65. The number of carbonyl (C=O) groups excluding carboxylic acids is 1. The van der Waals surface area contributed by atoms with Gasteiger partial charge in [0, 0.05) is 26.0 Å². The summed E-state index contributed by atoms with van der Waals surface area (Å²) in [4.78, 5) is 19.1. The number of imidazole rings is 1. The molecule has 7 heteroatoms. The molecule has 1 amide bonds. The van der Waals surface area contributed by atoms with Gasteiger partial charge in [0.1, 0.15) is 18.1 Å². The predicted octanol–water partition coefficient (Wildman–Crippen LogP) is 2.11. The van der Waals surface area contributed by atoms with Crippen LogP contribution in [0.15, 0.2) is 55.1 Å². The van der Waals surface area contributed by atoms with Gasteiger partial charge < -0.3 is 14.2 Å². The van der Waals surface area contributed by atoms with Crippen molar-refractivity contribution in [2.24, 2.45) is 7.05 Å². The Kier molecular flexibility index (Phi) is 4.43. The minimum Gasteiger partial charge on any atom is -0.491 e. The largest absolute Gasteiger partial charge is 0.491 e. The monoisotopic (exact) mass is 351 g/mol. The minimum atomic E-state index is -0.0816. The van der Waals surface area contributed by atoms with Crippen LogP contribution in [0.1, 0.15) is 22.6 Å². The molecule has 0 spiro atoms.